The van der Waals surface area contributed by atoms with E-state index in [4.69, 9.17) is 16.3 Å². The maximum absolute atomic E-state index is 13.3. The van der Waals surface area contributed by atoms with Crippen molar-refractivity contribution in [3.05, 3.63) is 71.4 Å². The van der Waals surface area contributed by atoms with Crippen LogP contribution in [0.25, 0.3) is 32.9 Å². The Labute approximate surface area is 223 Å². The van der Waals surface area contributed by atoms with Crippen molar-refractivity contribution in [2.75, 3.05) is 12.4 Å². The number of ether oxygens (including phenoxy) is 2. The van der Waals surface area contributed by atoms with E-state index >= 15 is 0 Å². The quantitative estimate of drug-likeness (QED) is 0.243. The summed E-state index contributed by atoms with van der Waals surface area (Å²) in [5, 5.41) is 3.32. The topological polar surface area (TPSA) is 112 Å². The molecule has 5 rings (SSSR count). The minimum atomic E-state index is -2.90. The first-order chi connectivity index (χ1) is 18.3. The summed E-state index contributed by atoms with van der Waals surface area (Å²) in [5.74, 6) is 0.0392. The first-order valence-corrected chi connectivity index (χ1v) is 12.2. The zero-order valence-corrected chi connectivity index (χ0v) is 21.3. The molecule has 0 radical (unpaired) electrons. The largest absolute Gasteiger partial charge is 0.494 e. The maximum Gasteiger partial charge on any atom is 0.387 e. The number of hydrogen-bond acceptors (Lipinski definition) is 9. The molecule has 0 saturated heterocycles. The molecule has 5 aromatic rings. The second kappa shape index (κ2) is 10.6. The molecule has 9 nitrogen and oxygen atoms in total. The van der Waals surface area contributed by atoms with Gasteiger partial charge in [-0.1, -0.05) is 22.9 Å². The number of methoxy groups -OCH3 is 1. The second-order valence-electron chi connectivity index (χ2n) is 7.84. The molecular formula is C25H17ClF2N6O3S. The highest BCUT2D eigenvalue weighted by Crippen LogP contribution is 2.34. The van der Waals surface area contributed by atoms with Crippen molar-refractivity contribution in [3.63, 3.8) is 0 Å². The number of aromatic nitrogens is 5. The molecule has 13 heteroatoms. The van der Waals surface area contributed by atoms with Crippen LogP contribution in [0.4, 0.5) is 13.9 Å². The Bertz CT molecular complexity index is 1650. The fraction of sp³-hybridized carbons (Fsp3) is 0.120. The summed E-state index contributed by atoms with van der Waals surface area (Å²) in [6, 6.07) is 9.42. The van der Waals surface area contributed by atoms with Gasteiger partial charge >= 0.3 is 6.61 Å². The lowest BCUT2D eigenvalue weighted by molar-refractivity contribution is -0.0498. The fourth-order valence-corrected chi connectivity index (χ4v) is 4.59. The summed E-state index contributed by atoms with van der Waals surface area (Å²) >= 11 is 7.25. The van der Waals surface area contributed by atoms with Crippen LogP contribution >= 0.6 is 22.9 Å². The highest BCUT2D eigenvalue weighted by Gasteiger charge is 2.20. The second-order valence-corrected chi connectivity index (χ2v) is 9.20. The van der Waals surface area contributed by atoms with E-state index in [9.17, 15) is 13.6 Å². The van der Waals surface area contributed by atoms with E-state index in [1.54, 1.807) is 24.3 Å². The summed E-state index contributed by atoms with van der Waals surface area (Å²) in [7, 11) is 1.50. The standard InChI is InChI=1S/C25H17ClF2N6O3S/c1-12-7-15(16-8-20(26)30-11-19(16)36-2)17(9-29-12)22(35)34-25-33-21-23(38-25)32-18(10-31-21)13-3-5-14(6-4-13)37-24(27)28/h3-11,24H,1-2H3,(H,31,33,34,35). The summed E-state index contributed by atoms with van der Waals surface area (Å²) < 4.78 is 34.6. The van der Waals surface area contributed by atoms with Gasteiger partial charge in [0, 0.05) is 28.6 Å². The highest BCUT2D eigenvalue weighted by molar-refractivity contribution is 7.21. The van der Waals surface area contributed by atoms with E-state index in [0.717, 1.165) is 11.3 Å². The monoisotopic (exact) mass is 554 g/mol. The molecule has 38 heavy (non-hydrogen) atoms. The average molecular weight is 555 g/mol. The van der Waals surface area contributed by atoms with Gasteiger partial charge in [0.25, 0.3) is 5.91 Å². The number of halogens is 3. The molecule has 0 atom stereocenters. The Morgan fingerprint density at radius 3 is 2.55 bits per heavy atom. The lowest BCUT2D eigenvalue weighted by Crippen LogP contribution is -2.14. The number of thiazole rings is 1. The van der Waals surface area contributed by atoms with Gasteiger partial charge < -0.3 is 9.47 Å². The molecule has 0 aliphatic heterocycles. The number of benzene rings is 1. The van der Waals surface area contributed by atoms with Crippen LogP contribution in [0.15, 0.2) is 55.0 Å². The number of fused-ring (bicyclic) bond motifs is 1. The molecule has 1 N–H and O–H groups in total. The van der Waals surface area contributed by atoms with Gasteiger partial charge in [0.05, 0.1) is 30.8 Å². The van der Waals surface area contributed by atoms with Gasteiger partial charge in [0.15, 0.2) is 15.6 Å². The Balaban J connectivity index is 1.43. The van der Waals surface area contributed by atoms with Gasteiger partial charge in [-0.25, -0.2) is 15.0 Å². The van der Waals surface area contributed by atoms with Gasteiger partial charge in [-0.2, -0.15) is 13.8 Å². The number of amides is 1. The number of alkyl halides is 2. The van der Waals surface area contributed by atoms with Crippen LogP contribution < -0.4 is 14.8 Å². The minimum Gasteiger partial charge on any atom is -0.494 e. The zero-order valence-electron chi connectivity index (χ0n) is 19.8. The van der Waals surface area contributed by atoms with Crippen molar-refractivity contribution in [2.45, 2.75) is 13.5 Å². The number of pyridine rings is 2. The van der Waals surface area contributed by atoms with Gasteiger partial charge in [0.1, 0.15) is 16.7 Å². The lowest BCUT2D eigenvalue weighted by Gasteiger charge is -2.13. The molecule has 0 saturated carbocycles. The number of rotatable bonds is 7. The molecule has 0 spiro atoms. The van der Waals surface area contributed by atoms with Crippen LogP contribution in [0.5, 0.6) is 11.5 Å². The molecule has 0 fully saturated rings. The van der Waals surface area contributed by atoms with E-state index in [1.807, 2.05) is 6.92 Å². The van der Waals surface area contributed by atoms with Crippen LogP contribution in [-0.2, 0) is 0 Å². The third-order valence-corrected chi connectivity index (χ3v) is 6.41. The van der Waals surface area contributed by atoms with Crippen LogP contribution in [0.2, 0.25) is 5.15 Å². The van der Waals surface area contributed by atoms with Crippen molar-refractivity contribution in [2.24, 2.45) is 0 Å². The number of aryl methyl sites for hydroxylation is 1. The maximum atomic E-state index is 13.3. The molecule has 0 aliphatic rings. The molecule has 0 bridgehead atoms. The Hall–Kier alpha value is -4.29. The number of carbonyl (C=O) groups is 1. The smallest absolute Gasteiger partial charge is 0.387 e. The van der Waals surface area contributed by atoms with Crippen LogP contribution in [-0.4, -0.2) is 44.5 Å². The van der Waals surface area contributed by atoms with E-state index < -0.39 is 12.5 Å². The molecule has 4 heterocycles. The van der Waals surface area contributed by atoms with Crippen molar-refractivity contribution in [1.82, 2.24) is 24.9 Å². The van der Waals surface area contributed by atoms with Gasteiger partial charge in [-0.05, 0) is 43.3 Å². The highest BCUT2D eigenvalue weighted by atomic mass is 35.5. The summed E-state index contributed by atoms with van der Waals surface area (Å²) in [6.45, 7) is -1.10. The summed E-state index contributed by atoms with van der Waals surface area (Å²) in [5.41, 5.74) is 3.64. The number of nitrogens with one attached hydrogen (secondary N) is 1. The first kappa shape index (κ1) is 25.4. The number of anilines is 1. The Morgan fingerprint density at radius 1 is 1.03 bits per heavy atom. The predicted octanol–water partition coefficient (Wildman–Crippen LogP) is 6.03. The number of carbonyl (C=O) groups excluding carboxylic acids is 1. The fourth-order valence-electron chi connectivity index (χ4n) is 3.64. The van der Waals surface area contributed by atoms with E-state index in [-0.39, 0.29) is 21.6 Å². The van der Waals surface area contributed by atoms with Crippen LogP contribution in [0.1, 0.15) is 16.1 Å². The van der Waals surface area contributed by atoms with E-state index in [2.05, 4.69) is 35.0 Å². The van der Waals surface area contributed by atoms with Gasteiger partial charge in [0.2, 0.25) is 0 Å². The predicted molar refractivity (Wildman–Crippen MR) is 139 cm³/mol. The van der Waals surface area contributed by atoms with Crippen molar-refractivity contribution < 1.29 is 23.0 Å². The van der Waals surface area contributed by atoms with Crippen LogP contribution in [0.3, 0.4) is 0 Å². The van der Waals surface area contributed by atoms with E-state index in [1.165, 1.54) is 37.8 Å². The molecule has 192 valence electrons. The molecule has 4 aromatic heterocycles. The summed E-state index contributed by atoms with van der Waals surface area (Å²) in [6.07, 6.45) is 4.46. The lowest BCUT2D eigenvalue weighted by atomic mass is 10.0. The molecule has 1 amide bonds. The average Bonchev–Trinajstić information content (AvgIpc) is 3.30. The Kier molecular flexibility index (Phi) is 7.07. The van der Waals surface area contributed by atoms with Crippen molar-refractivity contribution in [3.8, 4) is 33.9 Å². The normalized spacial score (nSPS) is 11.1. The number of nitrogens with zero attached hydrogens (tertiary/aromatic N) is 5. The van der Waals surface area contributed by atoms with Crippen LogP contribution in [0, 0.1) is 6.92 Å². The number of hydrogen-bond donors (Lipinski definition) is 1. The van der Waals surface area contributed by atoms with Crippen molar-refractivity contribution >= 4 is 44.5 Å². The molecule has 0 unspecified atom stereocenters. The molecule has 1 aromatic carbocycles. The third kappa shape index (κ3) is 5.36. The summed E-state index contributed by atoms with van der Waals surface area (Å²) in [4.78, 5) is 35.3. The molecular weight excluding hydrogens is 538 g/mol. The van der Waals surface area contributed by atoms with Crippen molar-refractivity contribution in [1.29, 1.82) is 0 Å². The third-order valence-electron chi connectivity index (χ3n) is 5.35. The van der Waals surface area contributed by atoms with E-state index in [0.29, 0.717) is 44.3 Å². The SMILES string of the molecule is COc1cnc(Cl)cc1-c1cc(C)ncc1C(=O)Nc1nc2ncc(-c3ccc(OC(F)F)cc3)nc2s1. The van der Waals surface area contributed by atoms with Gasteiger partial charge in [-0.15, -0.1) is 0 Å². The molecule has 0 aliphatic carbocycles. The van der Waals surface area contributed by atoms with Gasteiger partial charge in [-0.3, -0.25) is 15.1 Å². The minimum absolute atomic E-state index is 0.0391. The Morgan fingerprint density at radius 2 is 1.82 bits per heavy atom. The first-order valence-electron chi connectivity index (χ1n) is 11.0. The zero-order chi connectivity index (χ0) is 26.8.